The summed E-state index contributed by atoms with van der Waals surface area (Å²) in [5.74, 6) is -0.537. The number of fused-ring (bicyclic) bond motifs is 1. The first kappa shape index (κ1) is 21.3. The van der Waals surface area contributed by atoms with Crippen molar-refractivity contribution in [1.29, 1.82) is 5.26 Å². The fourth-order valence-electron chi connectivity index (χ4n) is 2.26. The van der Waals surface area contributed by atoms with Crippen molar-refractivity contribution < 1.29 is 21.5 Å². The van der Waals surface area contributed by atoms with Crippen LogP contribution < -0.4 is 9.83 Å². The van der Waals surface area contributed by atoms with E-state index in [0.717, 1.165) is 16.5 Å². The van der Waals surface area contributed by atoms with E-state index in [9.17, 15) is 8.53 Å². The zero-order valence-electron chi connectivity index (χ0n) is 15.2. The number of carbonyl (C=O) groups is 1. The number of hydroxylamine groups is 1. The van der Waals surface area contributed by atoms with E-state index in [2.05, 4.69) is 18.8 Å². The summed E-state index contributed by atoms with van der Waals surface area (Å²) in [4.78, 5) is 14.7. The normalized spacial score (nSPS) is 12.2. The monoisotopic (exact) mass is 443 g/mol. The maximum atomic E-state index is 11.8. The number of hydrogen-bond acceptors (Lipinski definition) is 7. The van der Waals surface area contributed by atoms with E-state index >= 15 is 0 Å². The fraction of sp³-hybridized carbons (Fsp3) is 0.105. The first-order valence-corrected chi connectivity index (χ1v) is 11.3. The minimum Gasteiger partial charge on any atom is -0.260 e. The molecule has 0 aliphatic heterocycles. The van der Waals surface area contributed by atoms with Crippen LogP contribution in [0.1, 0.15) is 18.2 Å². The van der Waals surface area contributed by atoms with Gasteiger partial charge < -0.3 is 0 Å². The van der Waals surface area contributed by atoms with Crippen LogP contribution in [0.5, 0.6) is 0 Å². The molecule has 1 aromatic heterocycles. The molecule has 28 heavy (non-hydrogen) atoms. The molecular weight excluding hydrogens is 425 g/mol. The number of aromatic nitrogens is 1. The van der Waals surface area contributed by atoms with Crippen LogP contribution in [0.15, 0.2) is 60.8 Å². The minimum atomic E-state index is -4.55. The number of nitrogens with one attached hydrogen (secondary N) is 1. The van der Waals surface area contributed by atoms with Crippen molar-refractivity contribution in [3.05, 3.63) is 72.1 Å². The molecule has 1 atom stereocenters. The molecule has 0 spiro atoms. The largest absolute Gasteiger partial charge is 0.260 e. The topological polar surface area (TPSA) is 122 Å². The Morgan fingerprint density at radius 2 is 1.82 bits per heavy atom. The summed E-state index contributed by atoms with van der Waals surface area (Å²) in [6.45, 7) is 3.04. The number of pyridine rings is 1. The van der Waals surface area contributed by atoms with Crippen LogP contribution in [-0.4, -0.2) is 30.3 Å². The first-order chi connectivity index (χ1) is 13.4. The van der Waals surface area contributed by atoms with Gasteiger partial charge in [0.25, 0.3) is 0 Å². The third kappa shape index (κ3) is 5.28. The van der Waals surface area contributed by atoms with E-state index in [-0.39, 0.29) is 4.35 Å². The molecule has 0 saturated carbocycles. The van der Waals surface area contributed by atoms with Crippen LogP contribution in [0.4, 0.5) is 0 Å². The first-order valence-electron chi connectivity index (χ1n) is 8.09. The summed E-state index contributed by atoms with van der Waals surface area (Å²) in [6.07, 6.45) is 1.80. The second kappa shape index (κ2) is 9.83. The van der Waals surface area contributed by atoms with E-state index in [4.69, 9.17) is 10.5 Å². The molecule has 3 aromatic rings. The Hall–Kier alpha value is -2.95. The van der Waals surface area contributed by atoms with Crippen LogP contribution >= 0.6 is 0 Å². The van der Waals surface area contributed by atoms with Gasteiger partial charge in [0.15, 0.2) is 0 Å². The van der Waals surface area contributed by atoms with Crippen molar-refractivity contribution in [2.45, 2.75) is 13.8 Å². The molecule has 2 N–H and O–H groups in total. The molecule has 9 heteroatoms. The van der Waals surface area contributed by atoms with E-state index in [1.807, 2.05) is 36.7 Å². The Balaban J connectivity index is 0.000000202. The van der Waals surface area contributed by atoms with Crippen molar-refractivity contribution in [2.24, 2.45) is 0 Å². The van der Waals surface area contributed by atoms with E-state index < -0.39 is 20.1 Å². The summed E-state index contributed by atoms with van der Waals surface area (Å²) < 4.78 is 20.5. The molecule has 0 aliphatic carbocycles. The Morgan fingerprint density at radius 3 is 2.43 bits per heavy atom. The van der Waals surface area contributed by atoms with Gasteiger partial charge in [0.2, 0.25) is 0 Å². The van der Waals surface area contributed by atoms with Gasteiger partial charge in [-0.1, -0.05) is 24.3 Å². The molecule has 2 aromatic carbocycles. The SMILES string of the molecule is CC(=O)NO[As](=O)(OO)c1ccccc1.Cc1ncc2ccccc2c1C#N. The second-order valence-corrected chi connectivity index (χ2v) is 9.48. The van der Waals surface area contributed by atoms with Gasteiger partial charge >= 0.3 is 88.7 Å². The van der Waals surface area contributed by atoms with Crippen LogP contribution in [-0.2, 0) is 16.2 Å². The number of nitrogens with zero attached hydrogens (tertiary/aromatic N) is 2. The molecule has 0 radical (unpaired) electrons. The Bertz CT molecular complexity index is 1050. The zero-order chi connectivity index (χ0) is 20.6. The van der Waals surface area contributed by atoms with Crippen molar-refractivity contribution >= 4 is 35.2 Å². The molecular formula is C19H18AsN3O5. The van der Waals surface area contributed by atoms with Gasteiger partial charge in [0.05, 0.1) is 11.3 Å². The van der Waals surface area contributed by atoms with E-state index in [0.29, 0.717) is 5.56 Å². The molecule has 0 fully saturated rings. The Morgan fingerprint density at radius 1 is 1.18 bits per heavy atom. The van der Waals surface area contributed by atoms with Crippen LogP contribution in [0.25, 0.3) is 10.8 Å². The van der Waals surface area contributed by atoms with Crippen molar-refractivity contribution in [2.75, 3.05) is 0 Å². The summed E-state index contributed by atoms with van der Waals surface area (Å²) in [5, 5.41) is 19.5. The van der Waals surface area contributed by atoms with E-state index in [1.54, 1.807) is 24.4 Å². The maximum Gasteiger partial charge on any atom is 0.102 e. The summed E-state index contributed by atoms with van der Waals surface area (Å²) in [7, 11) is 0. The molecule has 1 heterocycles. The van der Waals surface area contributed by atoms with Crippen LogP contribution in [0, 0.1) is 18.3 Å². The van der Waals surface area contributed by atoms with Gasteiger partial charge in [-0.3, -0.25) is 4.98 Å². The number of aryl methyl sites for hydroxylation is 1. The van der Waals surface area contributed by atoms with Crippen molar-refractivity contribution in [3.8, 4) is 6.07 Å². The standard InChI is InChI=1S/C11H8N2.C8H10AsNO5/c1-8-11(6-12)10-5-3-2-4-9(10)7-13-8;1-7(11)10-14-9(12,15-13)8-5-3-2-4-6-8/h2-5,7H,1H3;2-6,13H,1H3,(H,10,11). The molecule has 1 unspecified atom stereocenters. The summed E-state index contributed by atoms with van der Waals surface area (Å²) >= 11 is -4.55. The molecule has 0 bridgehead atoms. The minimum absolute atomic E-state index is 0.201. The number of benzene rings is 2. The molecule has 8 nitrogen and oxygen atoms in total. The average Bonchev–Trinajstić information content (AvgIpc) is 2.73. The van der Waals surface area contributed by atoms with E-state index in [1.165, 1.54) is 19.1 Å². The smallest absolute Gasteiger partial charge is 0.102 e. The number of rotatable bonds is 4. The zero-order valence-corrected chi connectivity index (χ0v) is 17.1. The van der Waals surface area contributed by atoms with Gasteiger partial charge in [0, 0.05) is 17.0 Å². The molecule has 144 valence electrons. The van der Waals surface area contributed by atoms with Crippen molar-refractivity contribution in [3.63, 3.8) is 0 Å². The third-order valence-electron chi connectivity index (χ3n) is 3.59. The molecule has 3 rings (SSSR count). The summed E-state index contributed by atoms with van der Waals surface area (Å²) in [5.41, 5.74) is 3.35. The second-order valence-electron chi connectivity index (χ2n) is 5.58. The van der Waals surface area contributed by atoms with Gasteiger partial charge in [-0.2, -0.15) is 5.26 Å². The van der Waals surface area contributed by atoms with Gasteiger partial charge in [-0.25, -0.2) is 0 Å². The van der Waals surface area contributed by atoms with Crippen LogP contribution in [0.2, 0.25) is 0 Å². The molecule has 1 amide bonds. The van der Waals surface area contributed by atoms with Gasteiger partial charge in [-0.05, 0) is 6.92 Å². The van der Waals surface area contributed by atoms with Gasteiger partial charge in [-0.15, -0.1) is 0 Å². The Kier molecular flexibility index (Phi) is 7.50. The quantitative estimate of drug-likeness (QED) is 0.360. The fourth-order valence-corrected chi connectivity index (χ4v) is 4.39. The van der Waals surface area contributed by atoms with Gasteiger partial charge in [0.1, 0.15) is 6.07 Å². The predicted molar refractivity (Wildman–Crippen MR) is 102 cm³/mol. The number of nitriles is 1. The molecule has 0 saturated heterocycles. The van der Waals surface area contributed by atoms with Crippen molar-refractivity contribution in [1.82, 2.24) is 10.5 Å². The molecule has 0 aliphatic rings. The maximum absolute atomic E-state index is 11.8. The predicted octanol–water partition coefficient (Wildman–Crippen LogP) is 2.24. The number of hydrogen-bond donors (Lipinski definition) is 2. The third-order valence-corrected chi connectivity index (χ3v) is 6.69. The Labute approximate surface area is 164 Å². The summed E-state index contributed by atoms with van der Waals surface area (Å²) in [6, 6.07) is 17.8. The average molecular weight is 443 g/mol. The number of carbonyl (C=O) groups excluding carboxylic acids is 1. The number of amides is 1. The van der Waals surface area contributed by atoms with Crippen LogP contribution in [0.3, 0.4) is 0 Å².